The summed E-state index contributed by atoms with van der Waals surface area (Å²) >= 11 is 0. The Morgan fingerprint density at radius 1 is 1.11 bits per heavy atom. The fourth-order valence-electron chi connectivity index (χ4n) is 3.53. The summed E-state index contributed by atoms with van der Waals surface area (Å²) in [7, 11) is -3.35. The van der Waals surface area contributed by atoms with Crippen LogP contribution in [0.4, 0.5) is 0 Å². The highest BCUT2D eigenvalue weighted by Crippen LogP contribution is 2.30. The van der Waals surface area contributed by atoms with Crippen molar-refractivity contribution in [3.05, 3.63) is 0 Å². The van der Waals surface area contributed by atoms with Crippen LogP contribution in [0, 0.1) is 5.92 Å². The summed E-state index contributed by atoms with van der Waals surface area (Å²) in [4.78, 5) is 0. The largest absolute Gasteiger partial charge is 0.314 e. The average molecular weight is 289 g/mol. The molecule has 2 aliphatic rings. The summed E-state index contributed by atoms with van der Waals surface area (Å²) in [6.07, 6.45) is 8.83. The van der Waals surface area contributed by atoms with E-state index >= 15 is 0 Å². The molecule has 1 heterocycles. The Bertz CT molecular complexity index is 366. The van der Waals surface area contributed by atoms with Gasteiger partial charge in [-0.15, -0.1) is 0 Å². The third-order valence-corrected chi connectivity index (χ3v) is 5.25. The molecule has 0 aromatic carbocycles. The lowest BCUT2D eigenvalue weighted by atomic mass is 9.77. The van der Waals surface area contributed by atoms with Crippen LogP contribution >= 0.6 is 0 Å². The average Bonchev–Trinajstić information content (AvgIpc) is 2.39. The molecule has 0 amide bonds. The second-order valence-corrected chi connectivity index (χ2v) is 7.67. The normalized spacial score (nSPS) is 33.2. The molecule has 112 valence electrons. The van der Waals surface area contributed by atoms with Crippen molar-refractivity contribution in [3.8, 4) is 0 Å². The van der Waals surface area contributed by atoms with Crippen molar-refractivity contribution in [1.29, 1.82) is 0 Å². The molecule has 19 heavy (non-hydrogen) atoms. The minimum absolute atomic E-state index is 0.0360. The number of rotatable bonds is 5. The third-order valence-electron chi connectivity index (χ3n) is 4.48. The smallest absolute Gasteiger partial charge is 0.210 e. The standard InChI is InChI=1S/C13H27N3O2S/c14-19(17,18)10-9-16-13-6-2-1-5-11(13)12-7-3-4-8-15-12/h11-13,15-16H,1-10H2,(H2,14,17,18). The van der Waals surface area contributed by atoms with Gasteiger partial charge in [0.1, 0.15) is 0 Å². The van der Waals surface area contributed by atoms with Crippen molar-refractivity contribution in [1.82, 2.24) is 10.6 Å². The summed E-state index contributed by atoms with van der Waals surface area (Å²) in [5.74, 6) is 0.684. The lowest BCUT2D eigenvalue weighted by molar-refractivity contribution is 0.184. The van der Waals surface area contributed by atoms with Gasteiger partial charge in [0.25, 0.3) is 0 Å². The maximum Gasteiger partial charge on any atom is 0.210 e. The van der Waals surface area contributed by atoms with Crippen molar-refractivity contribution >= 4 is 10.0 Å². The van der Waals surface area contributed by atoms with Gasteiger partial charge in [0.2, 0.25) is 10.0 Å². The van der Waals surface area contributed by atoms with E-state index in [-0.39, 0.29) is 5.75 Å². The van der Waals surface area contributed by atoms with Crippen LogP contribution in [0.1, 0.15) is 44.9 Å². The topological polar surface area (TPSA) is 84.2 Å². The Morgan fingerprint density at radius 2 is 1.84 bits per heavy atom. The van der Waals surface area contributed by atoms with E-state index in [0.29, 0.717) is 24.5 Å². The van der Waals surface area contributed by atoms with E-state index in [2.05, 4.69) is 10.6 Å². The quantitative estimate of drug-likeness (QED) is 0.691. The first-order valence-corrected chi connectivity index (χ1v) is 9.25. The van der Waals surface area contributed by atoms with Crippen molar-refractivity contribution in [2.75, 3.05) is 18.8 Å². The summed E-state index contributed by atoms with van der Waals surface area (Å²) in [6, 6.07) is 1.06. The van der Waals surface area contributed by atoms with Crippen LogP contribution in [-0.4, -0.2) is 39.3 Å². The first-order chi connectivity index (χ1) is 9.06. The van der Waals surface area contributed by atoms with Crippen molar-refractivity contribution in [2.45, 2.75) is 57.0 Å². The number of primary sulfonamides is 1. The van der Waals surface area contributed by atoms with Crippen LogP contribution in [0.2, 0.25) is 0 Å². The predicted molar refractivity (Wildman–Crippen MR) is 77.4 cm³/mol. The monoisotopic (exact) mass is 289 g/mol. The Labute approximate surface area is 116 Å². The highest BCUT2D eigenvalue weighted by Gasteiger charge is 2.32. The maximum absolute atomic E-state index is 11.0. The molecule has 3 unspecified atom stereocenters. The van der Waals surface area contributed by atoms with Gasteiger partial charge in [-0.2, -0.15) is 0 Å². The van der Waals surface area contributed by atoms with Crippen LogP contribution in [-0.2, 0) is 10.0 Å². The van der Waals surface area contributed by atoms with Crippen LogP contribution in [0.5, 0.6) is 0 Å². The molecule has 1 saturated carbocycles. The molecule has 1 aliphatic carbocycles. The van der Waals surface area contributed by atoms with E-state index in [0.717, 1.165) is 13.0 Å². The Kier molecular flexibility index (Phi) is 5.62. The fraction of sp³-hybridized carbons (Fsp3) is 1.00. The molecule has 0 radical (unpaired) electrons. The van der Waals surface area contributed by atoms with E-state index in [1.165, 1.54) is 38.5 Å². The highest BCUT2D eigenvalue weighted by molar-refractivity contribution is 7.89. The van der Waals surface area contributed by atoms with Crippen LogP contribution in [0.25, 0.3) is 0 Å². The van der Waals surface area contributed by atoms with Gasteiger partial charge in [0.15, 0.2) is 0 Å². The van der Waals surface area contributed by atoms with Gasteiger partial charge >= 0.3 is 0 Å². The molecule has 2 rings (SSSR count). The number of hydrogen-bond acceptors (Lipinski definition) is 4. The first-order valence-electron chi connectivity index (χ1n) is 7.53. The Hall–Kier alpha value is -0.170. The van der Waals surface area contributed by atoms with Crippen LogP contribution in [0.3, 0.4) is 0 Å². The molecule has 6 heteroatoms. The summed E-state index contributed by atoms with van der Waals surface area (Å²) in [5, 5.41) is 12.1. The molecule has 4 N–H and O–H groups in total. The molecule has 1 aliphatic heterocycles. The molecule has 0 aromatic heterocycles. The lowest BCUT2D eigenvalue weighted by Gasteiger charge is -2.40. The third kappa shape index (κ3) is 5.02. The maximum atomic E-state index is 11.0. The van der Waals surface area contributed by atoms with Gasteiger partial charge in [-0.1, -0.05) is 19.3 Å². The summed E-state index contributed by atoms with van der Waals surface area (Å²) in [5.41, 5.74) is 0. The first kappa shape index (κ1) is 15.2. The molecule has 2 fully saturated rings. The minimum atomic E-state index is -3.35. The molecular formula is C13H27N3O2S. The zero-order valence-electron chi connectivity index (χ0n) is 11.6. The Morgan fingerprint density at radius 3 is 2.53 bits per heavy atom. The zero-order chi connectivity index (χ0) is 13.7. The van der Waals surface area contributed by atoms with Crippen LogP contribution < -0.4 is 15.8 Å². The number of nitrogens with two attached hydrogens (primary N) is 1. The van der Waals surface area contributed by atoms with Gasteiger partial charge in [-0.25, -0.2) is 13.6 Å². The molecular weight excluding hydrogens is 262 g/mol. The molecule has 1 saturated heterocycles. The number of piperidine rings is 1. The molecule has 0 spiro atoms. The minimum Gasteiger partial charge on any atom is -0.314 e. The number of hydrogen-bond donors (Lipinski definition) is 3. The highest BCUT2D eigenvalue weighted by atomic mass is 32.2. The predicted octanol–water partition coefficient (Wildman–Crippen LogP) is 0.565. The van der Waals surface area contributed by atoms with Gasteiger partial charge in [0, 0.05) is 18.6 Å². The van der Waals surface area contributed by atoms with E-state index < -0.39 is 10.0 Å². The van der Waals surface area contributed by atoms with Crippen molar-refractivity contribution in [2.24, 2.45) is 11.1 Å². The van der Waals surface area contributed by atoms with E-state index in [4.69, 9.17) is 5.14 Å². The fourth-order valence-corrected chi connectivity index (χ4v) is 3.93. The van der Waals surface area contributed by atoms with Gasteiger partial charge in [-0.05, 0) is 38.1 Å². The van der Waals surface area contributed by atoms with Crippen molar-refractivity contribution in [3.63, 3.8) is 0 Å². The van der Waals surface area contributed by atoms with E-state index in [1.807, 2.05) is 0 Å². The zero-order valence-corrected chi connectivity index (χ0v) is 12.4. The summed E-state index contributed by atoms with van der Waals surface area (Å²) in [6.45, 7) is 1.61. The Balaban J connectivity index is 1.84. The molecule has 5 nitrogen and oxygen atoms in total. The number of sulfonamides is 1. The van der Waals surface area contributed by atoms with Gasteiger partial charge in [0.05, 0.1) is 5.75 Å². The SMILES string of the molecule is NS(=O)(=O)CCNC1CCCCC1C1CCCCN1. The lowest BCUT2D eigenvalue weighted by Crippen LogP contribution is -2.51. The van der Waals surface area contributed by atoms with Crippen molar-refractivity contribution < 1.29 is 8.42 Å². The molecule has 3 atom stereocenters. The second-order valence-electron chi connectivity index (χ2n) is 5.93. The van der Waals surface area contributed by atoms with Gasteiger partial charge < -0.3 is 10.6 Å². The second kappa shape index (κ2) is 7.02. The number of nitrogens with one attached hydrogen (secondary N) is 2. The molecule has 0 aromatic rings. The van der Waals surface area contributed by atoms with E-state index in [9.17, 15) is 8.42 Å². The van der Waals surface area contributed by atoms with Gasteiger partial charge in [-0.3, -0.25) is 0 Å². The summed E-state index contributed by atoms with van der Waals surface area (Å²) < 4.78 is 22.0. The molecule has 0 bridgehead atoms. The van der Waals surface area contributed by atoms with Crippen LogP contribution in [0.15, 0.2) is 0 Å². The van der Waals surface area contributed by atoms with E-state index in [1.54, 1.807) is 0 Å².